The molecule has 3 heteroatoms. The zero-order chi connectivity index (χ0) is 11.1. The van der Waals surface area contributed by atoms with Gasteiger partial charge < -0.3 is 10.1 Å². The topological polar surface area (TPSA) is 53.1 Å². The van der Waals surface area contributed by atoms with Crippen molar-refractivity contribution in [2.24, 2.45) is 0 Å². The van der Waals surface area contributed by atoms with Crippen LogP contribution in [0.2, 0.25) is 0 Å². The van der Waals surface area contributed by atoms with Crippen molar-refractivity contribution in [2.75, 3.05) is 0 Å². The minimum Gasteiger partial charge on any atom is -0.503 e. The summed E-state index contributed by atoms with van der Waals surface area (Å²) in [6.07, 6.45) is 0. The van der Waals surface area contributed by atoms with Crippen LogP contribution in [0.1, 0.15) is 0 Å². The van der Waals surface area contributed by atoms with E-state index in [-0.39, 0.29) is 5.75 Å². The van der Waals surface area contributed by atoms with Crippen LogP contribution in [0.25, 0.3) is 21.7 Å². The smallest absolute Gasteiger partial charge is 0.290 e. The molecule has 0 aliphatic carbocycles. The van der Waals surface area contributed by atoms with Crippen LogP contribution in [-0.4, -0.2) is 10.1 Å². The Morgan fingerprint density at radius 1 is 1.00 bits per heavy atom. The first kappa shape index (κ1) is 8.97. The summed E-state index contributed by atoms with van der Waals surface area (Å²) >= 11 is 0. The molecule has 0 bridgehead atoms. The first-order valence-electron chi connectivity index (χ1n) is 4.99. The van der Waals surface area contributed by atoms with Crippen LogP contribution >= 0.6 is 0 Å². The lowest BCUT2D eigenvalue weighted by atomic mass is 10.1. The number of hydrogen-bond acceptors (Lipinski definition) is 2. The number of benzene rings is 2. The third-order valence-electron chi connectivity index (χ3n) is 2.72. The van der Waals surface area contributed by atoms with Gasteiger partial charge >= 0.3 is 0 Å². The molecule has 2 aromatic carbocycles. The fourth-order valence-electron chi connectivity index (χ4n) is 1.94. The summed E-state index contributed by atoms with van der Waals surface area (Å²) in [5.74, 6) is -0.247. The first-order valence-corrected chi connectivity index (χ1v) is 4.99. The molecule has 0 aliphatic heterocycles. The molecule has 78 valence electrons. The zero-order valence-electron chi connectivity index (χ0n) is 8.40. The zero-order valence-corrected chi connectivity index (χ0v) is 8.40. The SMILES string of the molecule is O=c1[nH]c2c(ccc3ccccc32)cc1O. The molecule has 0 amide bonds. The number of aromatic nitrogens is 1. The van der Waals surface area contributed by atoms with Crippen LogP contribution in [0, 0.1) is 0 Å². The van der Waals surface area contributed by atoms with Gasteiger partial charge in [0.15, 0.2) is 5.75 Å². The molecule has 2 N–H and O–H groups in total. The van der Waals surface area contributed by atoms with E-state index in [1.54, 1.807) is 0 Å². The quantitative estimate of drug-likeness (QED) is 0.561. The van der Waals surface area contributed by atoms with Crippen molar-refractivity contribution >= 4 is 21.7 Å². The molecule has 0 spiro atoms. The molecule has 16 heavy (non-hydrogen) atoms. The Morgan fingerprint density at radius 3 is 2.62 bits per heavy atom. The lowest BCUT2D eigenvalue weighted by molar-refractivity contribution is 0.468. The van der Waals surface area contributed by atoms with E-state index in [1.807, 2.05) is 36.4 Å². The summed E-state index contributed by atoms with van der Waals surface area (Å²) in [6.45, 7) is 0. The van der Waals surface area contributed by atoms with Gasteiger partial charge in [-0.15, -0.1) is 0 Å². The van der Waals surface area contributed by atoms with Crippen molar-refractivity contribution in [3.63, 3.8) is 0 Å². The summed E-state index contributed by atoms with van der Waals surface area (Å²) in [7, 11) is 0. The molecular formula is C13H9NO2. The van der Waals surface area contributed by atoms with E-state index in [4.69, 9.17) is 0 Å². The van der Waals surface area contributed by atoms with Crippen LogP contribution < -0.4 is 5.56 Å². The number of H-pyrrole nitrogens is 1. The molecular weight excluding hydrogens is 202 g/mol. The Hall–Kier alpha value is -2.29. The average Bonchev–Trinajstić information content (AvgIpc) is 2.31. The van der Waals surface area contributed by atoms with Crippen molar-refractivity contribution in [3.8, 4) is 5.75 Å². The third kappa shape index (κ3) is 1.18. The monoisotopic (exact) mass is 211 g/mol. The summed E-state index contributed by atoms with van der Waals surface area (Å²) in [4.78, 5) is 14.1. The fraction of sp³-hybridized carbons (Fsp3) is 0. The molecule has 0 saturated heterocycles. The summed E-state index contributed by atoms with van der Waals surface area (Å²) in [5, 5.41) is 12.2. The molecule has 0 unspecified atom stereocenters. The highest BCUT2D eigenvalue weighted by atomic mass is 16.3. The van der Waals surface area contributed by atoms with Gasteiger partial charge in [-0.2, -0.15) is 0 Å². The Morgan fingerprint density at radius 2 is 1.75 bits per heavy atom. The van der Waals surface area contributed by atoms with Gasteiger partial charge in [-0.1, -0.05) is 36.4 Å². The Kier molecular flexibility index (Phi) is 1.74. The van der Waals surface area contributed by atoms with Gasteiger partial charge in [0.25, 0.3) is 5.56 Å². The lowest BCUT2D eigenvalue weighted by Crippen LogP contribution is -2.04. The number of hydrogen-bond donors (Lipinski definition) is 2. The average molecular weight is 211 g/mol. The molecule has 0 atom stereocenters. The maximum absolute atomic E-state index is 11.4. The maximum Gasteiger partial charge on any atom is 0.290 e. The molecule has 3 nitrogen and oxygen atoms in total. The van der Waals surface area contributed by atoms with Gasteiger partial charge in [0.2, 0.25) is 0 Å². The Bertz CT molecular complexity index is 744. The Labute approximate surface area is 91.0 Å². The number of rotatable bonds is 0. The van der Waals surface area contributed by atoms with Crippen molar-refractivity contribution in [2.45, 2.75) is 0 Å². The third-order valence-corrected chi connectivity index (χ3v) is 2.72. The van der Waals surface area contributed by atoms with Gasteiger partial charge in [0, 0.05) is 10.8 Å². The van der Waals surface area contributed by atoms with E-state index in [1.165, 1.54) is 6.07 Å². The number of nitrogens with one attached hydrogen (secondary N) is 1. The van der Waals surface area contributed by atoms with Crippen molar-refractivity contribution in [1.29, 1.82) is 0 Å². The second-order valence-electron chi connectivity index (χ2n) is 3.73. The van der Waals surface area contributed by atoms with E-state index in [0.29, 0.717) is 0 Å². The highest BCUT2D eigenvalue weighted by Crippen LogP contribution is 2.23. The second kappa shape index (κ2) is 3.10. The molecule has 0 saturated carbocycles. The van der Waals surface area contributed by atoms with Gasteiger partial charge in [0.05, 0.1) is 5.52 Å². The largest absolute Gasteiger partial charge is 0.503 e. The summed E-state index contributed by atoms with van der Waals surface area (Å²) in [5.41, 5.74) is 0.310. The van der Waals surface area contributed by atoms with Crippen LogP contribution in [0.5, 0.6) is 5.75 Å². The normalized spacial score (nSPS) is 11.0. The highest BCUT2D eigenvalue weighted by Gasteiger charge is 2.03. The van der Waals surface area contributed by atoms with Crippen LogP contribution in [-0.2, 0) is 0 Å². The minimum atomic E-state index is -0.455. The fourth-order valence-corrected chi connectivity index (χ4v) is 1.94. The molecule has 1 heterocycles. The summed E-state index contributed by atoms with van der Waals surface area (Å²) in [6, 6.07) is 13.1. The predicted octanol–water partition coefficient (Wildman–Crippen LogP) is 2.39. The molecule has 1 aromatic heterocycles. The number of aromatic amines is 1. The first-order chi connectivity index (χ1) is 7.75. The van der Waals surface area contributed by atoms with E-state index in [2.05, 4.69) is 4.98 Å². The molecule has 0 radical (unpaired) electrons. The van der Waals surface area contributed by atoms with Crippen molar-refractivity contribution in [1.82, 2.24) is 4.98 Å². The van der Waals surface area contributed by atoms with Crippen LogP contribution in [0.15, 0.2) is 47.3 Å². The van der Waals surface area contributed by atoms with E-state index < -0.39 is 5.56 Å². The van der Waals surface area contributed by atoms with Gasteiger partial charge in [-0.3, -0.25) is 4.79 Å². The molecule has 3 aromatic rings. The van der Waals surface area contributed by atoms with Crippen molar-refractivity contribution in [3.05, 3.63) is 52.8 Å². The maximum atomic E-state index is 11.4. The van der Waals surface area contributed by atoms with E-state index >= 15 is 0 Å². The Balaban J connectivity index is 2.60. The van der Waals surface area contributed by atoms with E-state index in [0.717, 1.165) is 21.7 Å². The number of aromatic hydroxyl groups is 1. The number of pyridine rings is 1. The van der Waals surface area contributed by atoms with Crippen molar-refractivity contribution < 1.29 is 5.11 Å². The molecule has 3 rings (SSSR count). The lowest BCUT2D eigenvalue weighted by Gasteiger charge is -2.03. The molecule has 0 fully saturated rings. The predicted molar refractivity (Wildman–Crippen MR) is 63.7 cm³/mol. The minimum absolute atomic E-state index is 0.247. The van der Waals surface area contributed by atoms with Gasteiger partial charge in [-0.05, 0) is 11.5 Å². The standard InChI is InChI=1S/C13H9NO2/c15-11-7-9-6-5-8-3-1-2-4-10(8)12(9)14-13(11)16/h1-7,15H,(H,14,16). The summed E-state index contributed by atoms with van der Waals surface area (Å²) < 4.78 is 0. The van der Waals surface area contributed by atoms with Gasteiger partial charge in [0.1, 0.15) is 0 Å². The highest BCUT2D eigenvalue weighted by molar-refractivity contribution is 6.05. The van der Waals surface area contributed by atoms with Gasteiger partial charge in [-0.25, -0.2) is 0 Å². The molecule has 0 aliphatic rings. The second-order valence-corrected chi connectivity index (χ2v) is 3.73. The van der Waals surface area contributed by atoms with Crippen LogP contribution in [0.4, 0.5) is 0 Å². The van der Waals surface area contributed by atoms with Crippen LogP contribution in [0.3, 0.4) is 0 Å². The van der Waals surface area contributed by atoms with E-state index in [9.17, 15) is 9.90 Å². The number of fused-ring (bicyclic) bond motifs is 3.